The summed E-state index contributed by atoms with van der Waals surface area (Å²) in [5.41, 5.74) is 3.19. The fourth-order valence-corrected chi connectivity index (χ4v) is 2.17. The van der Waals surface area contributed by atoms with Crippen molar-refractivity contribution in [2.75, 3.05) is 7.05 Å². The lowest BCUT2D eigenvalue weighted by Gasteiger charge is -2.18. The van der Waals surface area contributed by atoms with Crippen molar-refractivity contribution in [2.24, 2.45) is 0 Å². The van der Waals surface area contributed by atoms with Crippen molar-refractivity contribution in [1.82, 2.24) is 15.3 Å². The predicted molar refractivity (Wildman–Crippen MR) is 69.1 cm³/mol. The Kier molecular flexibility index (Phi) is 3.71. The van der Waals surface area contributed by atoms with Crippen molar-refractivity contribution in [1.29, 1.82) is 0 Å². The van der Waals surface area contributed by atoms with Crippen molar-refractivity contribution in [3.05, 3.63) is 58.6 Å². The minimum absolute atomic E-state index is 0.0179. The van der Waals surface area contributed by atoms with Crippen LogP contribution in [-0.4, -0.2) is 17.0 Å². The molecule has 1 aromatic heterocycles. The van der Waals surface area contributed by atoms with Crippen molar-refractivity contribution in [2.45, 2.75) is 13.0 Å². The average molecular weight is 248 g/mol. The molecule has 1 unspecified atom stereocenters. The van der Waals surface area contributed by atoms with Crippen LogP contribution < -0.4 is 5.32 Å². The summed E-state index contributed by atoms with van der Waals surface area (Å²) in [5.74, 6) is 0. The number of hydrogen-bond donors (Lipinski definition) is 1. The second-order valence-electron chi connectivity index (χ2n) is 3.92. The van der Waals surface area contributed by atoms with E-state index in [2.05, 4.69) is 21.4 Å². The molecule has 0 radical (unpaired) electrons. The van der Waals surface area contributed by atoms with E-state index in [4.69, 9.17) is 11.6 Å². The van der Waals surface area contributed by atoms with Gasteiger partial charge in [0.1, 0.15) is 6.33 Å². The SMILES string of the molecule is CNC(c1cncnc1)c1ccc(C)cc1Cl. The van der Waals surface area contributed by atoms with Gasteiger partial charge < -0.3 is 5.32 Å². The highest BCUT2D eigenvalue weighted by Crippen LogP contribution is 2.28. The zero-order chi connectivity index (χ0) is 12.3. The molecule has 2 rings (SSSR count). The molecule has 0 saturated carbocycles. The molecule has 1 heterocycles. The van der Waals surface area contributed by atoms with Crippen LogP contribution in [-0.2, 0) is 0 Å². The van der Waals surface area contributed by atoms with E-state index in [1.165, 1.54) is 6.33 Å². The first-order valence-electron chi connectivity index (χ1n) is 5.40. The Bertz CT molecular complexity index is 499. The Morgan fingerprint density at radius 1 is 1.24 bits per heavy atom. The van der Waals surface area contributed by atoms with Crippen molar-refractivity contribution < 1.29 is 0 Å². The molecule has 0 aliphatic heterocycles. The van der Waals surface area contributed by atoms with Gasteiger partial charge in [0.2, 0.25) is 0 Å². The molecule has 0 aliphatic rings. The first-order chi connectivity index (χ1) is 8.22. The fraction of sp³-hybridized carbons (Fsp3) is 0.231. The van der Waals surface area contributed by atoms with Crippen molar-refractivity contribution >= 4 is 11.6 Å². The molecule has 3 nitrogen and oxygen atoms in total. The first-order valence-corrected chi connectivity index (χ1v) is 5.78. The van der Waals surface area contributed by atoms with Gasteiger partial charge in [-0.05, 0) is 31.2 Å². The van der Waals surface area contributed by atoms with Gasteiger partial charge in [0.25, 0.3) is 0 Å². The van der Waals surface area contributed by atoms with E-state index in [1.807, 2.05) is 26.1 Å². The molecule has 1 aromatic carbocycles. The molecule has 0 amide bonds. The van der Waals surface area contributed by atoms with Gasteiger partial charge in [0, 0.05) is 23.0 Å². The van der Waals surface area contributed by atoms with Gasteiger partial charge in [-0.1, -0.05) is 23.7 Å². The fourth-order valence-electron chi connectivity index (χ4n) is 1.83. The highest BCUT2D eigenvalue weighted by Gasteiger charge is 2.15. The zero-order valence-corrected chi connectivity index (χ0v) is 10.6. The van der Waals surface area contributed by atoms with Gasteiger partial charge in [0.05, 0.1) is 6.04 Å². The third kappa shape index (κ3) is 2.62. The molecule has 1 atom stereocenters. The molecule has 0 bridgehead atoms. The molecule has 0 aliphatic carbocycles. The van der Waals surface area contributed by atoms with E-state index in [-0.39, 0.29) is 6.04 Å². The van der Waals surface area contributed by atoms with Gasteiger partial charge >= 0.3 is 0 Å². The van der Waals surface area contributed by atoms with Gasteiger partial charge in [-0.15, -0.1) is 0 Å². The monoisotopic (exact) mass is 247 g/mol. The Morgan fingerprint density at radius 3 is 2.53 bits per heavy atom. The Hall–Kier alpha value is -1.45. The van der Waals surface area contributed by atoms with Crippen LogP contribution in [0.1, 0.15) is 22.7 Å². The van der Waals surface area contributed by atoms with Crippen LogP contribution in [0, 0.1) is 6.92 Å². The maximum absolute atomic E-state index is 6.27. The minimum atomic E-state index is 0.0179. The van der Waals surface area contributed by atoms with Crippen LogP contribution in [0.4, 0.5) is 0 Å². The largest absolute Gasteiger partial charge is 0.309 e. The lowest BCUT2D eigenvalue weighted by Crippen LogP contribution is -2.18. The zero-order valence-electron chi connectivity index (χ0n) is 9.81. The quantitative estimate of drug-likeness (QED) is 0.906. The Labute approximate surface area is 106 Å². The Balaban J connectivity index is 2.42. The summed E-state index contributed by atoms with van der Waals surface area (Å²) in [6.45, 7) is 2.02. The lowest BCUT2D eigenvalue weighted by atomic mass is 10.0. The van der Waals surface area contributed by atoms with E-state index in [0.29, 0.717) is 0 Å². The molecule has 0 spiro atoms. The van der Waals surface area contributed by atoms with Gasteiger partial charge in [-0.25, -0.2) is 9.97 Å². The van der Waals surface area contributed by atoms with Crippen LogP contribution in [0.5, 0.6) is 0 Å². The van der Waals surface area contributed by atoms with Crippen LogP contribution >= 0.6 is 11.6 Å². The number of aryl methyl sites for hydroxylation is 1. The van der Waals surface area contributed by atoms with E-state index < -0.39 is 0 Å². The highest BCUT2D eigenvalue weighted by molar-refractivity contribution is 6.31. The van der Waals surface area contributed by atoms with Gasteiger partial charge in [-0.2, -0.15) is 0 Å². The number of hydrogen-bond acceptors (Lipinski definition) is 3. The van der Waals surface area contributed by atoms with Crippen molar-refractivity contribution in [3.63, 3.8) is 0 Å². The number of rotatable bonds is 3. The minimum Gasteiger partial charge on any atom is -0.309 e. The average Bonchev–Trinajstić information content (AvgIpc) is 2.34. The molecule has 0 fully saturated rings. The molecule has 1 N–H and O–H groups in total. The molecular formula is C13H14ClN3. The summed E-state index contributed by atoms with van der Waals surface area (Å²) in [7, 11) is 1.90. The first kappa shape index (κ1) is 12.0. The van der Waals surface area contributed by atoms with Crippen LogP contribution in [0.3, 0.4) is 0 Å². The van der Waals surface area contributed by atoms with Gasteiger partial charge in [-0.3, -0.25) is 0 Å². The van der Waals surface area contributed by atoms with Crippen LogP contribution in [0.2, 0.25) is 5.02 Å². The van der Waals surface area contributed by atoms with E-state index >= 15 is 0 Å². The topological polar surface area (TPSA) is 37.8 Å². The highest BCUT2D eigenvalue weighted by atomic mass is 35.5. The summed E-state index contributed by atoms with van der Waals surface area (Å²) >= 11 is 6.27. The van der Waals surface area contributed by atoms with E-state index in [1.54, 1.807) is 12.4 Å². The summed E-state index contributed by atoms with van der Waals surface area (Å²) < 4.78 is 0. The molecule has 17 heavy (non-hydrogen) atoms. The number of halogens is 1. The third-order valence-electron chi connectivity index (χ3n) is 2.67. The normalized spacial score (nSPS) is 12.4. The molecule has 2 aromatic rings. The van der Waals surface area contributed by atoms with Crippen molar-refractivity contribution in [3.8, 4) is 0 Å². The third-order valence-corrected chi connectivity index (χ3v) is 3.00. The summed E-state index contributed by atoms with van der Waals surface area (Å²) in [5, 5.41) is 3.99. The maximum atomic E-state index is 6.27. The number of aromatic nitrogens is 2. The number of benzene rings is 1. The summed E-state index contributed by atoms with van der Waals surface area (Å²) in [6.07, 6.45) is 5.11. The van der Waals surface area contributed by atoms with Crippen LogP contribution in [0.15, 0.2) is 36.9 Å². The smallest absolute Gasteiger partial charge is 0.115 e. The summed E-state index contributed by atoms with van der Waals surface area (Å²) in [6, 6.07) is 6.07. The maximum Gasteiger partial charge on any atom is 0.115 e. The molecule has 88 valence electrons. The number of nitrogens with one attached hydrogen (secondary N) is 1. The van der Waals surface area contributed by atoms with E-state index in [0.717, 1.165) is 21.7 Å². The van der Waals surface area contributed by atoms with Gasteiger partial charge in [0.15, 0.2) is 0 Å². The van der Waals surface area contributed by atoms with Crippen LogP contribution in [0.25, 0.3) is 0 Å². The molecule has 0 saturated heterocycles. The molecular weight excluding hydrogens is 234 g/mol. The number of nitrogens with zero attached hydrogens (tertiary/aromatic N) is 2. The second kappa shape index (κ2) is 5.25. The summed E-state index contributed by atoms with van der Waals surface area (Å²) in [4.78, 5) is 8.06. The lowest BCUT2D eigenvalue weighted by molar-refractivity contribution is 0.684. The predicted octanol–water partition coefficient (Wildman–Crippen LogP) is 2.75. The second-order valence-corrected chi connectivity index (χ2v) is 4.33. The Morgan fingerprint density at radius 2 is 1.94 bits per heavy atom. The van der Waals surface area contributed by atoms with E-state index in [9.17, 15) is 0 Å². The molecule has 4 heteroatoms. The standard InChI is InChI=1S/C13H14ClN3/c1-9-3-4-11(12(14)5-9)13(15-2)10-6-16-8-17-7-10/h3-8,13,15H,1-2H3.